The average Bonchev–Trinajstić information content (AvgIpc) is 2.81. The minimum atomic E-state index is 0.608. The van der Waals surface area contributed by atoms with E-state index >= 15 is 0 Å². The van der Waals surface area contributed by atoms with E-state index in [0.717, 1.165) is 11.7 Å². The van der Waals surface area contributed by atoms with Gasteiger partial charge in [-0.1, -0.05) is 17.7 Å². The van der Waals surface area contributed by atoms with Crippen LogP contribution in [0, 0.1) is 0 Å². The van der Waals surface area contributed by atoms with Crippen molar-refractivity contribution in [3.8, 4) is 0 Å². The highest BCUT2D eigenvalue weighted by atomic mass is 35.5. The molecule has 0 spiro atoms. The van der Waals surface area contributed by atoms with Gasteiger partial charge in [-0.2, -0.15) is 0 Å². The lowest BCUT2D eigenvalue weighted by Crippen LogP contribution is -2.24. The molecule has 0 saturated heterocycles. The fourth-order valence-electron chi connectivity index (χ4n) is 1.69. The minimum Gasteiger partial charge on any atom is -0.340 e. The Labute approximate surface area is 108 Å². The second kappa shape index (κ2) is 4.35. The molecule has 1 fully saturated rings. The number of hydrogen-bond donors (Lipinski definition) is 0. The molecule has 2 aromatic rings. The maximum atomic E-state index is 5.89. The third-order valence-electron chi connectivity index (χ3n) is 2.60. The molecule has 0 amide bonds. The average molecular weight is 271 g/mol. The largest absolute Gasteiger partial charge is 0.340 e. The lowest BCUT2D eigenvalue weighted by molar-refractivity contribution is 0.798. The van der Waals surface area contributed by atoms with Crippen LogP contribution in [0.5, 0.6) is 0 Å². The fourth-order valence-corrected chi connectivity index (χ4v) is 3.41. The quantitative estimate of drug-likeness (QED) is 0.834. The molecule has 2 nitrogen and oxygen atoms in total. The number of aromatic nitrogens is 1. The Hall–Kier alpha value is -0.580. The van der Waals surface area contributed by atoms with Gasteiger partial charge in [-0.05, 0) is 24.3 Å². The number of thiophene rings is 1. The molecule has 0 radical (unpaired) electrons. The highest BCUT2D eigenvalue weighted by molar-refractivity contribution is 7.14. The standard InChI is InChI=1S/C11H11ClN2S2/c12-10-7-16-11(13-10)14(8-3-4-8)6-9-2-1-5-15-9/h1-2,5,7-8H,3-4,6H2. The van der Waals surface area contributed by atoms with Crippen LogP contribution in [0.1, 0.15) is 17.7 Å². The van der Waals surface area contributed by atoms with Crippen molar-refractivity contribution >= 4 is 39.4 Å². The Bertz CT molecular complexity index is 462. The highest BCUT2D eigenvalue weighted by Crippen LogP contribution is 2.35. The summed E-state index contributed by atoms with van der Waals surface area (Å²) in [4.78, 5) is 8.13. The number of rotatable bonds is 4. The molecule has 3 rings (SSSR count). The Balaban J connectivity index is 1.81. The van der Waals surface area contributed by atoms with E-state index in [2.05, 4.69) is 27.4 Å². The number of halogens is 1. The number of nitrogens with zero attached hydrogens (tertiary/aromatic N) is 2. The summed E-state index contributed by atoms with van der Waals surface area (Å²) in [7, 11) is 0. The normalized spacial score (nSPS) is 15.3. The van der Waals surface area contributed by atoms with E-state index in [0.29, 0.717) is 11.2 Å². The van der Waals surface area contributed by atoms with E-state index in [9.17, 15) is 0 Å². The molecule has 84 valence electrons. The summed E-state index contributed by atoms with van der Waals surface area (Å²) in [6.07, 6.45) is 2.56. The van der Waals surface area contributed by atoms with Gasteiger partial charge >= 0.3 is 0 Å². The highest BCUT2D eigenvalue weighted by Gasteiger charge is 2.31. The van der Waals surface area contributed by atoms with Crippen LogP contribution in [0.25, 0.3) is 0 Å². The smallest absolute Gasteiger partial charge is 0.187 e. The molecular formula is C11H11ClN2S2. The van der Waals surface area contributed by atoms with Gasteiger partial charge in [0.05, 0.1) is 6.54 Å². The van der Waals surface area contributed by atoms with Gasteiger partial charge in [-0.25, -0.2) is 4.98 Å². The van der Waals surface area contributed by atoms with Gasteiger partial charge in [-0.3, -0.25) is 0 Å². The number of hydrogen-bond acceptors (Lipinski definition) is 4. The summed E-state index contributed by atoms with van der Waals surface area (Å²) in [6.45, 7) is 0.964. The Morgan fingerprint density at radius 2 is 2.31 bits per heavy atom. The Kier molecular flexibility index (Phi) is 2.88. The van der Waals surface area contributed by atoms with Gasteiger partial charge in [0.1, 0.15) is 5.15 Å². The lowest BCUT2D eigenvalue weighted by atomic mass is 10.4. The fraction of sp³-hybridized carbons (Fsp3) is 0.364. The first-order chi connectivity index (χ1) is 7.83. The topological polar surface area (TPSA) is 16.1 Å². The zero-order chi connectivity index (χ0) is 11.0. The molecule has 0 unspecified atom stereocenters. The molecule has 0 aliphatic heterocycles. The third kappa shape index (κ3) is 2.24. The zero-order valence-corrected chi connectivity index (χ0v) is 11.0. The summed E-state index contributed by atoms with van der Waals surface area (Å²) in [5.74, 6) is 0. The molecule has 2 aromatic heterocycles. The van der Waals surface area contributed by atoms with Gasteiger partial charge in [0.25, 0.3) is 0 Å². The first-order valence-corrected chi connectivity index (χ1v) is 7.37. The summed E-state index contributed by atoms with van der Waals surface area (Å²) in [5, 5.41) is 5.69. The van der Waals surface area contributed by atoms with Crippen molar-refractivity contribution in [3.63, 3.8) is 0 Å². The third-order valence-corrected chi connectivity index (χ3v) is 4.67. The summed E-state index contributed by atoms with van der Waals surface area (Å²) >= 11 is 9.32. The van der Waals surface area contributed by atoms with Crippen molar-refractivity contribution in [3.05, 3.63) is 32.9 Å². The van der Waals surface area contributed by atoms with Crippen molar-refractivity contribution in [2.24, 2.45) is 0 Å². The van der Waals surface area contributed by atoms with Crippen molar-refractivity contribution in [1.82, 2.24) is 4.98 Å². The Morgan fingerprint density at radius 1 is 1.44 bits per heavy atom. The molecule has 1 aliphatic carbocycles. The van der Waals surface area contributed by atoms with E-state index in [-0.39, 0.29) is 0 Å². The molecule has 0 aromatic carbocycles. The predicted molar refractivity (Wildman–Crippen MR) is 70.6 cm³/mol. The van der Waals surface area contributed by atoms with E-state index in [1.807, 2.05) is 5.38 Å². The van der Waals surface area contributed by atoms with Crippen LogP contribution in [-0.4, -0.2) is 11.0 Å². The minimum absolute atomic E-state index is 0.608. The SMILES string of the molecule is Clc1csc(N(Cc2cccs2)C2CC2)n1. The first kappa shape index (κ1) is 10.6. The monoisotopic (exact) mass is 270 g/mol. The van der Waals surface area contributed by atoms with E-state index in [1.165, 1.54) is 17.7 Å². The van der Waals surface area contributed by atoms with Crippen LogP contribution in [0.4, 0.5) is 5.13 Å². The molecule has 16 heavy (non-hydrogen) atoms. The summed E-state index contributed by atoms with van der Waals surface area (Å²) < 4.78 is 0. The van der Waals surface area contributed by atoms with Crippen molar-refractivity contribution in [1.29, 1.82) is 0 Å². The lowest BCUT2D eigenvalue weighted by Gasteiger charge is -2.20. The van der Waals surface area contributed by atoms with Gasteiger partial charge in [0.2, 0.25) is 0 Å². The molecule has 1 saturated carbocycles. The molecule has 2 heterocycles. The second-order valence-electron chi connectivity index (χ2n) is 3.89. The van der Waals surface area contributed by atoms with Crippen molar-refractivity contribution in [2.75, 3.05) is 4.90 Å². The van der Waals surface area contributed by atoms with Crippen molar-refractivity contribution in [2.45, 2.75) is 25.4 Å². The molecule has 0 bridgehead atoms. The molecule has 5 heteroatoms. The van der Waals surface area contributed by atoms with Gasteiger partial charge in [0, 0.05) is 16.3 Å². The van der Waals surface area contributed by atoms with E-state index in [1.54, 1.807) is 22.7 Å². The van der Waals surface area contributed by atoms with E-state index in [4.69, 9.17) is 11.6 Å². The van der Waals surface area contributed by atoms with Crippen LogP contribution < -0.4 is 4.90 Å². The summed E-state index contributed by atoms with van der Waals surface area (Å²) in [6, 6.07) is 4.94. The van der Waals surface area contributed by atoms with Gasteiger partial charge in [-0.15, -0.1) is 22.7 Å². The second-order valence-corrected chi connectivity index (χ2v) is 6.15. The maximum absolute atomic E-state index is 5.89. The van der Waals surface area contributed by atoms with Crippen molar-refractivity contribution < 1.29 is 0 Å². The zero-order valence-electron chi connectivity index (χ0n) is 8.60. The van der Waals surface area contributed by atoms with Crippen LogP contribution in [0.15, 0.2) is 22.9 Å². The van der Waals surface area contributed by atoms with Crippen LogP contribution in [-0.2, 0) is 6.54 Å². The maximum Gasteiger partial charge on any atom is 0.187 e. The van der Waals surface area contributed by atoms with Gasteiger partial charge in [0.15, 0.2) is 5.13 Å². The first-order valence-electron chi connectivity index (χ1n) is 5.23. The van der Waals surface area contributed by atoms with Gasteiger partial charge < -0.3 is 4.90 Å². The molecule has 0 atom stereocenters. The molecule has 0 N–H and O–H groups in total. The number of anilines is 1. The Morgan fingerprint density at radius 3 is 2.88 bits per heavy atom. The van der Waals surface area contributed by atoms with Crippen LogP contribution >= 0.6 is 34.3 Å². The molecule has 1 aliphatic rings. The predicted octanol–water partition coefficient (Wildman–Crippen LogP) is 4.03. The number of thiazole rings is 1. The van der Waals surface area contributed by atoms with Crippen LogP contribution in [0.2, 0.25) is 5.15 Å². The molecular weight excluding hydrogens is 260 g/mol. The van der Waals surface area contributed by atoms with Crippen LogP contribution in [0.3, 0.4) is 0 Å². The summed E-state index contributed by atoms with van der Waals surface area (Å²) in [5.41, 5.74) is 0. The van der Waals surface area contributed by atoms with E-state index < -0.39 is 0 Å².